The first-order valence-electron chi connectivity index (χ1n) is 5.04. The van der Waals surface area contributed by atoms with Crippen molar-refractivity contribution in [3.8, 4) is 0 Å². The highest BCUT2D eigenvalue weighted by molar-refractivity contribution is 5.99. The molecule has 4 nitrogen and oxygen atoms in total. The Morgan fingerprint density at radius 2 is 1.89 bits per heavy atom. The highest BCUT2D eigenvalue weighted by atomic mass is 19.3. The van der Waals surface area contributed by atoms with Crippen LogP contribution in [0.25, 0.3) is 0 Å². The van der Waals surface area contributed by atoms with Crippen LogP contribution in [-0.4, -0.2) is 24.2 Å². The van der Waals surface area contributed by atoms with Gasteiger partial charge in [0.2, 0.25) is 5.91 Å². The van der Waals surface area contributed by atoms with Crippen LogP contribution in [0.3, 0.4) is 0 Å². The fraction of sp³-hybridized carbons (Fsp3) is 0.273. The van der Waals surface area contributed by atoms with Crippen molar-refractivity contribution in [2.75, 3.05) is 5.32 Å². The Kier molecular flexibility index (Phi) is 4.13. The lowest BCUT2D eigenvalue weighted by atomic mass is 10.1. The number of carbonyl (C=O) groups excluding carboxylic acids is 2. The van der Waals surface area contributed by atoms with E-state index in [1.165, 1.54) is 19.1 Å². The summed E-state index contributed by atoms with van der Waals surface area (Å²) in [6.45, 7) is 1.45. The largest absolute Gasteiger partial charge is 0.383 e. The zero-order valence-electron chi connectivity index (χ0n) is 9.72. The Balaban J connectivity index is 3.03. The van der Waals surface area contributed by atoms with Crippen LogP contribution in [0, 0.1) is 6.92 Å². The van der Waals surface area contributed by atoms with Gasteiger partial charge in [-0.05, 0) is 24.6 Å². The normalized spacial score (nSPS) is 11.5. The molecule has 0 fully saturated rings. The number of halogens is 4. The van der Waals surface area contributed by atoms with E-state index in [2.05, 4.69) is 0 Å². The van der Waals surface area contributed by atoms with E-state index < -0.39 is 24.2 Å². The number of nitrogens with two attached hydrogens (primary N) is 1. The second kappa shape index (κ2) is 5.25. The van der Waals surface area contributed by atoms with Gasteiger partial charge >= 0.3 is 18.3 Å². The predicted molar refractivity (Wildman–Crippen MR) is 59.3 cm³/mol. The van der Waals surface area contributed by atoms with Crippen LogP contribution in [-0.2, 0) is 4.79 Å². The Morgan fingerprint density at radius 1 is 1.32 bits per heavy atom. The van der Waals surface area contributed by atoms with Crippen molar-refractivity contribution in [3.63, 3.8) is 0 Å². The van der Waals surface area contributed by atoms with E-state index in [1.54, 1.807) is 5.32 Å². The molecule has 0 aliphatic heterocycles. The van der Waals surface area contributed by atoms with E-state index in [0.717, 1.165) is 6.07 Å². The summed E-state index contributed by atoms with van der Waals surface area (Å²) >= 11 is 0. The van der Waals surface area contributed by atoms with Gasteiger partial charge in [-0.15, -0.1) is 0 Å². The average molecular weight is 278 g/mol. The van der Waals surface area contributed by atoms with Crippen LogP contribution in [0.5, 0.6) is 0 Å². The highest BCUT2D eigenvalue weighted by Gasteiger charge is 2.49. The van der Waals surface area contributed by atoms with Gasteiger partial charge in [0.05, 0.1) is 0 Å². The molecule has 0 bridgehead atoms. The smallest absolute Gasteiger partial charge is 0.366 e. The van der Waals surface area contributed by atoms with Gasteiger partial charge in [-0.25, -0.2) is 8.78 Å². The molecule has 0 aromatic heterocycles. The van der Waals surface area contributed by atoms with Gasteiger partial charge < -0.3 is 11.1 Å². The van der Waals surface area contributed by atoms with E-state index in [1.807, 2.05) is 0 Å². The molecule has 0 aliphatic carbocycles. The molecule has 2 amide bonds. The van der Waals surface area contributed by atoms with Gasteiger partial charge in [-0.3, -0.25) is 9.59 Å². The second-order valence-corrected chi connectivity index (χ2v) is 3.77. The van der Waals surface area contributed by atoms with Crippen LogP contribution in [0.2, 0.25) is 0 Å². The fourth-order valence-corrected chi connectivity index (χ4v) is 1.21. The van der Waals surface area contributed by atoms with Crippen molar-refractivity contribution >= 4 is 17.5 Å². The van der Waals surface area contributed by atoms with Crippen molar-refractivity contribution in [1.82, 2.24) is 0 Å². The molecule has 0 saturated carbocycles. The summed E-state index contributed by atoms with van der Waals surface area (Å²) in [5.74, 6) is -7.79. The molecule has 0 atom stereocenters. The Morgan fingerprint density at radius 3 is 2.37 bits per heavy atom. The molecule has 0 saturated heterocycles. The zero-order valence-corrected chi connectivity index (χ0v) is 9.72. The monoisotopic (exact) mass is 278 g/mol. The Labute approximate surface area is 105 Å². The van der Waals surface area contributed by atoms with Gasteiger partial charge in [0.15, 0.2) is 0 Å². The van der Waals surface area contributed by atoms with E-state index in [0.29, 0.717) is 5.56 Å². The molecule has 104 valence electrons. The summed E-state index contributed by atoms with van der Waals surface area (Å²) in [5.41, 5.74) is 5.08. The minimum Gasteiger partial charge on any atom is -0.366 e. The SMILES string of the molecule is Cc1ccc(C(N)=O)cc1NC(=O)C(F)(F)C(F)F. The second-order valence-electron chi connectivity index (χ2n) is 3.77. The van der Waals surface area contributed by atoms with E-state index in [9.17, 15) is 27.2 Å². The van der Waals surface area contributed by atoms with Crippen molar-refractivity contribution in [3.05, 3.63) is 29.3 Å². The maximum Gasteiger partial charge on any atom is 0.383 e. The molecule has 0 spiro atoms. The van der Waals surface area contributed by atoms with E-state index in [4.69, 9.17) is 5.73 Å². The lowest BCUT2D eigenvalue weighted by Gasteiger charge is -2.16. The quantitative estimate of drug-likeness (QED) is 0.826. The number of nitrogens with one attached hydrogen (secondary N) is 1. The number of alkyl halides is 4. The molecule has 1 aromatic rings. The highest BCUT2D eigenvalue weighted by Crippen LogP contribution is 2.26. The third kappa shape index (κ3) is 3.21. The molecule has 0 radical (unpaired) electrons. The van der Waals surface area contributed by atoms with Crippen molar-refractivity contribution < 1.29 is 27.2 Å². The van der Waals surface area contributed by atoms with Crippen molar-refractivity contribution in [2.45, 2.75) is 19.3 Å². The number of carbonyl (C=O) groups is 2. The number of anilines is 1. The van der Waals surface area contributed by atoms with Gasteiger partial charge in [0.1, 0.15) is 0 Å². The summed E-state index contributed by atoms with van der Waals surface area (Å²) in [4.78, 5) is 21.9. The molecule has 0 aliphatic rings. The molecule has 19 heavy (non-hydrogen) atoms. The van der Waals surface area contributed by atoms with Gasteiger partial charge in [0.25, 0.3) is 0 Å². The van der Waals surface area contributed by atoms with Crippen molar-refractivity contribution in [1.29, 1.82) is 0 Å². The molecule has 8 heteroatoms. The maximum absolute atomic E-state index is 12.8. The Bertz CT molecular complexity index is 517. The number of amides is 2. The van der Waals surface area contributed by atoms with Gasteiger partial charge in [-0.2, -0.15) is 8.78 Å². The molecule has 0 heterocycles. The number of hydrogen-bond acceptors (Lipinski definition) is 2. The fourth-order valence-electron chi connectivity index (χ4n) is 1.21. The summed E-state index contributed by atoms with van der Waals surface area (Å²) < 4.78 is 49.5. The van der Waals surface area contributed by atoms with Gasteiger partial charge in [0, 0.05) is 11.3 Å². The Hall–Kier alpha value is -2.12. The van der Waals surface area contributed by atoms with Crippen molar-refractivity contribution in [2.24, 2.45) is 5.73 Å². The summed E-state index contributed by atoms with van der Waals surface area (Å²) in [5, 5.41) is 1.65. The predicted octanol–water partition coefficient (Wildman–Crippen LogP) is 1.93. The standard InChI is InChI=1S/C11H10F4N2O2/c1-5-2-3-6(8(16)18)4-7(5)17-10(19)11(14,15)9(12)13/h2-4,9H,1H3,(H2,16,18)(H,17,19). The maximum atomic E-state index is 12.8. The number of aryl methyl sites for hydroxylation is 1. The van der Waals surface area contributed by atoms with Gasteiger partial charge in [-0.1, -0.05) is 6.07 Å². The van der Waals surface area contributed by atoms with Crippen LogP contribution >= 0.6 is 0 Å². The third-order valence-corrected chi connectivity index (χ3v) is 2.35. The molecule has 1 rings (SSSR count). The molecule has 3 N–H and O–H groups in total. The number of benzene rings is 1. The zero-order chi connectivity index (χ0) is 14.8. The van der Waals surface area contributed by atoms with Crippen LogP contribution < -0.4 is 11.1 Å². The molecule has 0 unspecified atom stereocenters. The summed E-state index contributed by atoms with van der Waals surface area (Å²) in [6.07, 6.45) is -4.12. The average Bonchev–Trinajstić information content (AvgIpc) is 2.31. The first-order chi connectivity index (χ1) is 8.66. The van der Waals surface area contributed by atoms with Crippen LogP contribution in [0.4, 0.5) is 23.2 Å². The minimum atomic E-state index is -4.81. The lowest BCUT2D eigenvalue weighted by molar-refractivity contribution is -0.163. The first-order valence-corrected chi connectivity index (χ1v) is 5.04. The topological polar surface area (TPSA) is 72.2 Å². The summed E-state index contributed by atoms with van der Waals surface area (Å²) in [6, 6.07) is 3.70. The summed E-state index contributed by atoms with van der Waals surface area (Å²) in [7, 11) is 0. The van der Waals surface area contributed by atoms with E-state index in [-0.39, 0.29) is 11.3 Å². The van der Waals surface area contributed by atoms with E-state index >= 15 is 0 Å². The molecular weight excluding hydrogens is 268 g/mol. The first kappa shape index (κ1) is 14.9. The number of hydrogen-bond donors (Lipinski definition) is 2. The number of primary amides is 1. The third-order valence-electron chi connectivity index (χ3n) is 2.35. The molecular formula is C11H10F4N2O2. The van der Waals surface area contributed by atoms with Crippen LogP contribution in [0.1, 0.15) is 15.9 Å². The lowest BCUT2D eigenvalue weighted by Crippen LogP contribution is -2.41. The molecule has 1 aromatic carbocycles. The number of rotatable bonds is 4. The van der Waals surface area contributed by atoms with Crippen LogP contribution in [0.15, 0.2) is 18.2 Å². The minimum absolute atomic E-state index is 0.0405.